The lowest BCUT2D eigenvalue weighted by atomic mass is 10.2. The van der Waals surface area contributed by atoms with Crippen molar-refractivity contribution in [3.05, 3.63) is 28.3 Å². The molecule has 0 radical (unpaired) electrons. The Kier molecular flexibility index (Phi) is 5.29. The number of carbonyl (C=O) groups is 1. The standard InChI is InChI=1S/C13H19N3O3/c1-4-5-8-14-12-7-6-11(15(3)10(2)17)9-13(12)16(18)19/h6-7,9,14H,4-5,8H2,1-3H3. The molecule has 1 rings (SSSR count). The summed E-state index contributed by atoms with van der Waals surface area (Å²) in [6, 6.07) is 4.75. The molecule has 0 saturated heterocycles. The molecule has 1 N–H and O–H groups in total. The fraction of sp³-hybridized carbons (Fsp3) is 0.462. The highest BCUT2D eigenvalue weighted by molar-refractivity contribution is 5.91. The van der Waals surface area contributed by atoms with Gasteiger partial charge in [-0.05, 0) is 18.6 Å². The van der Waals surface area contributed by atoms with Crippen LogP contribution in [0.3, 0.4) is 0 Å². The van der Waals surface area contributed by atoms with E-state index in [4.69, 9.17) is 0 Å². The summed E-state index contributed by atoms with van der Waals surface area (Å²) in [6.45, 7) is 4.17. The second kappa shape index (κ2) is 6.72. The van der Waals surface area contributed by atoms with E-state index in [0.717, 1.165) is 12.8 Å². The van der Waals surface area contributed by atoms with Crippen LogP contribution < -0.4 is 10.2 Å². The third-order valence-electron chi connectivity index (χ3n) is 2.88. The van der Waals surface area contributed by atoms with E-state index < -0.39 is 4.92 Å². The summed E-state index contributed by atoms with van der Waals surface area (Å²) in [5.41, 5.74) is 0.987. The molecule has 104 valence electrons. The first-order valence-electron chi connectivity index (χ1n) is 6.24. The van der Waals surface area contributed by atoms with Gasteiger partial charge in [0.05, 0.1) is 10.6 Å². The zero-order chi connectivity index (χ0) is 14.4. The number of nitrogens with zero attached hydrogens (tertiary/aromatic N) is 2. The maximum absolute atomic E-state index is 11.3. The van der Waals surface area contributed by atoms with Gasteiger partial charge < -0.3 is 10.2 Å². The van der Waals surface area contributed by atoms with E-state index in [1.54, 1.807) is 19.2 Å². The van der Waals surface area contributed by atoms with Gasteiger partial charge in [-0.25, -0.2) is 0 Å². The number of nitro benzene ring substituents is 1. The number of hydrogen-bond acceptors (Lipinski definition) is 4. The molecule has 0 bridgehead atoms. The highest BCUT2D eigenvalue weighted by Gasteiger charge is 2.16. The predicted molar refractivity (Wildman–Crippen MR) is 75.6 cm³/mol. The molecule has 0 aliphatic rings. The summed E-state index contributed by atoms with van der Waals surface area (Å²) in [7, 11) is 1.59. The van der Waals surface area contributed by atoms with Crippen molar-refractivity contribution >= 4 is 23.0 Å². The van der Waals surface area contributed by atoms with Crippen LogP contribution >= 0.6 is 0 Å². The Hall–Kier alpha value is -2.11. The molecule has 0 unspecified atom stereocenters. The predicted octanol–water partition coefficient (Wildman–Crippen LogP) is 2.79. The van der Waals surface area contributed by atoms with E-state index in [9.17, 15) is 14.9 Å². The third kappa shape index (κ3) is 3.94. The number of hydrogen-bond donors (Lipinski definition) is 1. The quantitative estimate of drug-likeness (QED) is 0.487. The van der Waals surface area contributed by atoms with E-state index in [1.807, 2.05) is 0 Å². The first kappa shape index (κ1) is 14.9. The van der Waals surface area contributed by atoms with Crippen molar-refractivity contribution in [1.82, 2.24) is 0 Å². The maximum Gasteiger partial charge on any atom is 0.294 e. The highest BCUT2D eigenvalue weighted by Crippen LogP contribution is 2.29. The summed E-state index contributed by atoms with van der Waals surface area (Å²) in [6.07, 6.45) is 1.97. The molecule has 19 heavy (non-hydrogen) atoms. The molecule has 0 saturated carbocycles. The maximum atomic E-state index is 11.3. The number of nitro groups is 1. The summed E-state index contributed by atoms with van der Waals surface area (Å²) in [4.78, 5) is 23.3. The molecular weight excluding hydrogens is 246 g/mol. The Morgan fingerprint density at radius 2 is 2.16 bits per heavy atom. The number of rotatable bonds is 6. The van der Waals surface area contributed by atoms with Crippen LogP contribution in [-0.2, 0) is 4.79 Å². The van der Waals surface area contributed by atoms with Gasteiger partial charge in [0.25, 0.3) is 5.69 Å². The van der Waals surface area contributed by atoms with Crippen LogP contribution in [0.15, 0.2) is 18.2 Å². The zero-order valence-corrected chi connectivity index (χ0v) is 11.5. The lowest BCUT2D eigenvalue weighted by molar-refractivity contribution is -0.383. The molecule has 0 aliphatic heterocycles. The molecule has 0 atom stereocenters. The van der Waals surface area contributed by atoms with E-state index in [1.165, 1.54) is 17.9 Å². The molecule has 6 nitrogen and oxygen atoms in total. The smallest absolute Gasteiger partial charge is 0.294 e. The average molecular weight is 265 g/mol. The molecule has 1 aromatic carbocycles. The lowest BCUT2D eigenvalue weighted by Crippen LogP contribution is -2.22. The highest BCUT2D eigenvalue weighted by atomic mass is 16.6. The Morgan fingerprint density at radius 3 is 2.68 bits per heavy atom. The minimum atomic E-state index is -0.439. The van der Waals surface area contributed by atoms with Crippen LogP contribution in [0.4, 0.5) is 17.1 Å². The number of unbranched alkanes of at least 4 members (excludes halogenated alkanes) is 1. The van der Waals surface area contributed by atoms with Gasteiger partial charge in [0.1, 0.15) is 5.69 Å². The molecule has 0 aliphatic carbocycles. The molecule has 0 heterocycles. The first-order valence-corrected chi connectivity index (χ1v) is 6.24. The molecule has 1 aromatic rings. The molecular formula is C13H19N3O3. The van der Waals surface area contributed by atoms with Gasteiger partial charge in [-0.1, -0.05) is 13.3 Å². The second-order valence-electron chi connectivity index (χ2n) is 4.32. The van der Waals surface area contributed by atoms with Gasteiger partial charge in [-0.15, -0.1) is 0 Å². The molecule has 6 heteroatoms. The number of amides is 1. The summed E-state index contributed by atoms with van der Waals surface area (Å²) < 4.78 is 0. The monoisotopic (exact) mass is 265 g/mol. The van der Waals surface area contributed by atoms with Crippen molar-refractivity contribution in [2.75, 3.05) is 23.8 Å². The summed E-state index contributed by atoms with van der Waals surface area (Å²) in [5, 5.41) is 14.1. The Labute approximate surface area is 112 Å². The molecule has 0 aromatic heterocycles. The largest absolute Gasteiger partial charge is 0.379 e. The van der Waals surface area contributed by atoms with Crippen molar-refractivity contribution in [2.24, 2.45) is 0 Å². The average Bonchev–Trinajstić information content (AvgIpc) is 2.38. The van der Waals surface area contributed by atoms with Crippen LogP contribution in [0.1, 0.15) is 26.7 Å². The van der Waals surface area contributed by atoms with Gasteiger partial charge in [0.2, 0.25) is 5.91 Å². The normalized spacial score (nSPS) is 10.1. The number of nitrogens with one attached hydrogen (secondary N) is 1. The zero-order valence-electron chi connectivity index (χ0n) is 11.5. The fourth-order valence-corrected chi connectivity index (χ4v) is 1.61. The van der Waals surface area contributed by atoms with Crippen molar-refractivity contribution < 1.29 is 9.72 Å². The second-order valence-corrected chi connectivity index (χ2v) is 4.32. The molecule has 0 spiro atoms. The lowest BCUT2D eigenvalue weighted by Gasteiger charge is -2.15. The van der Waals surface area contributed by atoms with Gasteiger partial charge >= 0.3 is 0 Å². The van der Waals surface area contributed by atoms with Gasteiger partial charge in [-0.3, -0.25) is 14.9 Å². The topological polar surface area (TPSA) is 75.5 Å². The molecule has 0 fully saturated rings. The SMILES string of the molecule is CCCCNc1ccc(N(C)C(C)=O)cc1[N+](=O)[O-]. The Morgan fingerprint density at radius 1 is 1.47 bits per heavy atom. The van der Waals surface area contributed by atoms with E-state index in [-0.39, 0.29) is 11.6 Å². The van der Waals surface area contributed by atoms with Crippen LogP contribution in [0, 0.1) is 10.1 Å². The fourth-order valence-electron chi connectivity index (χ4n) is 1.61. The van der Waals surface area contributed by atoms with E-state index in [2.05, 4.69) is 12.2 Å². The van der Waals surface area contributed by atoms with Gasteiger partial charge in [-0.2, -0.15) is 0 Å². The van der Waals surface area contributed by atoms with Crippen molar-refractivity contribution in [3.8, 4) is 0 Å². The van der Waals surface area contributed by atoms with E-state index in [0.29, 0.717) is 17.9 Å². The molecule has 1 amide bonds. The summed E-state index contributed by atoms with van der Waals surface area (Å²) >= 11 is 0. The van der Waals surface area contributed by atoms with Crippen LogP contribution in [0.5, 0.6) is 0 Å². The van der Waals surface area contributed by atoms with Gasteiger partial charge in [0.15, 0.2) is 0 Å². The minimum Gasteiger partial charge on any atom is -0.379 e. The van der Waals surface area contributed by atoms with Crippen molar-refractivity contribution in [1.29, 1.82) is 0 Å². The summed E-state index contributed by atoms with van der Waals surface area (Å²) in [5.74, 6) is -0.166. The van der Waals surface area contributed by atoms with Crippen molar-refractivity contribution in [2.45, 2.75) is 26.7 Å². The van der Waals surface area contributed by atoms with Crippen LogP contribution in [-0.4, -0.2) is 24.4 Å². The Bertz CT molecular complexity index is 474. The minimum absolute atomic E-state index is 0.0123. The van der Waals surface area contributed by atoms with Crippen LogP contribution in [0.2, 0.25) is 0 Å². The number of benzene rings is 1. The third-order valence-corrected chi connectivity index (χ3v) is 2.88. The van der Waals surface area contributed by atoms with Crippen LogP contribution in [0.25, 0.3) is 0 Å². The number of anilines is 2. The number of carbonyl (C=O) groups excluding carboxylic acids is 1. The van der Waals surface area contributed by atoms with E-state index >= 15 is 0 Å². The van der Waals surface area contributed by atoms with Gasteiger partial charge in [0, 0.05) is 26.6 Å². The van der Waals surface area contributed by atoms with Crippen molar-refractivity contribution in [3.63, 3.8) is 0 Å². The first-order chi connectivity index (χ1) is 8.97. The Balaban J connectivity index is 3.01.